The minimum Gasteiger partial charge on any atom is -0.465 e. The number of anilines is 1. The minimum atomic E-state index is -1.30. The largest absolute Gasteiger partial charge is 0.465 e. The summed E-state index contributed by atoms with van der Waals surface area (Å²) in [6.07, 6.45) is 1.14. The molecular formula is C15H14ClNO6. The Bertz CT molecular complexity index is 688. The molecule has 1 aliphatic heterocycles. The average Bonchev–Trinajstić information content (AvgIpc) is 2.46. The van der Waals surface area contributed by atoms with Crippen LogP contribution in [0.15, 0.2) is 30.0 Å². The van der Waals surface area contributed by atoms with Gasteiger partial charge in [0, 0.05) is 25.7 Å². The van der Waals surface area contributed by atoms with Crippen molar-refractivity contribution in [2.24, 2.45) is 0 Å². The van der Waals surface area contributed by atoms with Crippen LogP contribution in [0, 0.1) is 0 Å². The SMILES string of the molecule is COC(=O)c1cc(NC=C2C(=O)OC(C)(C)OC2=O)ccc1Cl. The molecule has 0 aromatic heterocycles. The molecule has 0 saturated carbocycles. The van der Waals surface area contributed by atoms with Gasteiger partial charge < -0.3 is 19.5 Å². The Morgan fingerprint density at radius 2 is 1.87 bits per heavy atom. The van der Waals surface area contributed by atoms with E-state index in [0.29, 0.717) is 5.69 Å². The summed E-state index contributed by atoms with van der Waals surface area (Å²) in [4.78, 5) is 35.2. The number of carbonyl (C=O) groups is 3. The number of hydrogen-bond donors (Lipinski definition) is 1. The van der Waals surface area contributed by atoms with Gasteiger partial charge in [0.2, 0.25) is 0 Å². The Morgan fingerprint density at radius 3 is 2.43 bits per heavy atom. The van der Waals surface area contributed by atoms with Gasteiger partial charge in [-0.15, -0.1) is 0 Å². The van der Waals surface area contributed by atoms with Gasteiger partial charge in [0.1, 0.15) is 0 Å². The molecule has 1 fully saturated rings. The van der Waals surface area contributed by atoms with Crippen molar-refractivity contribution in [3.63, 3.8) is 0 Å². The fraction of sp³-hybridized carbons (Fsp3) is 0.267. The highest BCUT2D eigenvalue weighted by Gasteiger charge is 2.38. The molecule has 0 radical (unpaired) electrons. The summed E-state index contributed by atoms with van der Waals surface area (Å²) in [6.45, 7) is 2.91. The third-order valence-electron chi connectivity index (χ3n) is 2.87. The first kappa shape index (κ1) is 16.8. The van der Waals surface area contributed by atoms with Gasteiger partial charge in [0.25, 0.3) is 5.79 Å². The van der Waals surface area contributed by atoms with Gasteiger partial charge in [-0.25, -0.2) is 14.4 Å². The van der Waals surface area contributed by atoms with Gasteiger partial charge in [-0.2, -0.15) is 0 Å². The molecule has 2 rings (SSSR count). The molecule has 7 nitrogen and oxygen atoms in total. The molecule has 122 valence electrons. The van der Waals surface area contributed by atoms with Crippen molar-refractivity contribution in [2.45, 2.75) is 19.6 Å². The Kier molecular flexibility index (Phi) is 4.60. The van der Waals surface area contributed by atoms with Crippen molar-refractivity contribution >= 4 is 35.2 Å². The highest BCUT2D eigenvalue weighted by molar-refractivity contribution is 6.33. The van der Waals surface area contributed by atoms with Crippen LogP contribution in [0.2, 0.25) is 5.02 Å². The van der Waals surface area contributed by atoms with Crippen LogP contribution in [0.3, 0.4) is 0 Å². The monoisotopic (exact) mass is 339 g/mol. The van der Waals surface area contributed by atoms with E-state index in [1.807, 2.05) is 0 Å². The van der Waals surface area contributed by atoms with Gasteiger partial charge in [-0.1, -0.05) is 11.6 Å². The van der Waals surface area contributed by atoms with Crippen LogP contribution in [-0.4, -0.2) is 30.8 Å². The number of benzene rings is 1. The Hall–Kier alpha value is -2.54. The third kappa shape index (κ3) is 3.81. The first-order chi connectivity index (χ1) is 10.7. The Labute approximate surface area is 137 Å². The van der Waals surface area contributed by atoms with Crippen molar-refractivity contribution in [3.8, 4) is 0 Å². The molecule has 1 N–H and O–H groups in total. The number of carbonyl (C=O) groups excluding carboxylic acids is 3. The Balaban J connectivity index is 2.22. The highest BCUT2D eigenvalue weighted by Crippen LogP contribution is 2.24. The van der Waals surface area contributed by atoms with Crippen LogP contribution >= 0.6 is 11.6 Å². The number of ether oxygens (including phenoxy) is 3. The van der Waals surface area contributed by atoms with Gasteiger partial charge >= 0.3 is 17.9 Å². The van der Waals surface area contributed by atoms with Crippen LogP contribution in [0.5, 0.6) is 0 Å². The second-order valence-corrected chi connectivity index (χ2v) is 5.47. The zero-order chi connectivity index (χ0) is 17.2. The van der Waals surface area contributed by atoms with Crippen molar-refractivity contribution < 1.29 is 28.6 Å². The number of nitrogens with one attached hydrogen (secondary N) is 1. The molecule has 1 saturated heterocycles. The molecule has 8 heteroatoms. The topological polar surface area (TPSA) is 90.9 Å². The quantitative estimate of drug-likeness (QED) is 0.513. The fourth-order valence-electron chi connectivity index (χ4n) is 1.82. The first-order valence-electron chi connectivity index (χ1n) is 6.55. The summed E-state index contributed by atoms with van der Waals surface area (Å²) in [5, 5.41) is 2.94. The van der Waals surface area contributed by atoms with Gasteiger partial charge in [0.05, 0.1) is 17.7 Å². The van der Waals surface area contributed by atoms with E-state index in [4.69, 9.17) is 21.1 Å². The summed E-state index contributed by atoms with van der Waals surface area (Å²) in [6, 6.07) is 4.47. The van der Waals surface area contributed by atoms with Crippen LogP contribution in [0.4, 0.5) is 5.69 Å². The summed E-state index contributed by atoms with van der Waals surface area (Å²) < 4.78 is 14.5. The maximum Gasteiger partial charge on any atom is 0.350 e. The highest BCUT2D eigenvalue weighted by atomic mass is 35.5. The van der Waals surface area contributed by atoms with Crippen LogP contribution in [0.1, 0.15) is 24.2 Å². The molecule has 0 spiro atoms. The molecule has 1 aromatic carbocycles. The van der Waals surface area contributed by atoms with Gasteiger partial charge in [-0.05, 0) is 18.2 Å². The molecule has 0 atom stereocenters. The predicted octanol–water partition coefficient (Wildman–Crippen LogP) is 2.26. The van der Waals surface area contributed by atoms with E-state index in [1.165, 1.54) is 33.1 Å². The van der Waals surface area contributed by atoms with Crippen molar-refractivity contribution in [1.29, 1.82) is 0 Å². The predicted molar refractivity (Wildman–Crippen MR) is 80.8 cm³/mol. The molecule has 0 aliphatic carbocycles. The molecule has 0 bridgehead atoms. The summed E-state index contributed by atoms with van der Waals surface area (Å²) in [7, 11) is 1.23. The van der Waals surface area contributed by atoms with Crippen molar-refractivity contribution in [3.05, 3.63) is 40.6 Å². The molecule has 1 aliphatic rings. The molecular weight excluding hydrogens is 326 g/mol. The minimum absolute atomic E-state index is 0.146. The van der Waals surface area contributed by atoms with Crippen LogP contribution in [0.25, 0.3) is 0 Å². The lowest BCUT2D eigenvalue weighted by Gasteiger charge is -2.29. The maximum absolute atomic E-state index is 11.8. The Morgan fingerprint density at radius 1 is 1.26 bits per heavy atom. The summed E-state index contributed by atoms with van der Waals surface area (Å²) >= 11 is 5.90. The lowest BCUT2D eigenvalue weighted by molar-refractivity contribution is -0.222. The van der Waals surface area contributed by atoms with E-state index in [0.717, 1.165) is 6.20 Å². The fourth-order valence-corrected chi connectivity index (χ4v) is 2.01. The number of halogens is 1. The number of cyclic esters (lactones) is 2. The molecule has 23 heavy (non-hydrogen) atoms. The van der Waals surface area contributed by atoms with Gasteiger partial charge in [0.15, 0.2) is 5.57 Å². The number of hydrogen-bond acceptors (Lipinski definition) is 7. The summed E-state index contributed by atoms with van der Waals surface area (Å²) in [5.41, 5.74) is 0.277. The van der Waals surface area contributed by atoms with E-state index in [1.54, 1.807) is 6.07 Å². The first-order valence-corrected chi connectivity index (χ1v) is 6.92. The van der Waals surface area contributed by atoms with E-state index in [2.05, 4.69) is 10.1 Å². The zero-order valence-electron chi connectivity index (χ0n) is 12.6. The molecule has 0 unspecified atom stereocenters. The average molecular weight is 340 g/mol. The van der Waals surface area contributed by atoms with E-state index >= 15 is 0 Å². The second-order valence-electron chi connectivity index (χ2n) is 5.07. The lowest BCUT2D eigenvalue weighted by atomic mass is 10.2. The van der Waals surface area contributed by atoms with Gasteiger partial charge in [-0.3, -0.25) is 0 Å². The third-order valence-corrected chi connectivity index (χ3v) is 3.20. The van der Waals surface area contributed by atoms with Crippen molar-refractivity contribution in [2.75, 3.05) is 12.4 Å². The van der Waals surface area contributed by atoms with Crippen molar-refractivity contribution in [1.82, 2.24) is 0 Å². The normalized spacial score (nSPS) is 16.3. The van der Waals surface area contributed by atoms with E-state index in [-0.39, 0.29) is 16.2 Å². The summed E-state index contributed by atoms with van der Waals surface area (Å²) in [5.74, 6) is -3.52. The molecule has 0 amide bonds. The zero-order valence-corrected chi connectivity index (χ0v) is 13.4. The number of rotatable bonds is 3. The second kappa shape index (κ2) is 6.29. The van der Waals surface area contributed by atoms with E-state index in [9.17, 15) is 14.4 Å². The molecule has 1 heterocycles. The smallest absolute Gasteiger partial charge is 0.350 e. The number of esters is 3. The standard InChI is InChI=1S/C15H14ClNO6/c1-15(2)22-13(19)10(14(20)23-15)7-17-8-4-5-11(16)9(6-8)12(18)21-3/h4-7,17H,1-3H3. The lowest BCUT2D eigenvalue weighted by Crippen LogP contribution is -2.42. The van der Waals surface area contributed by atoms with Crippen LogP contribution < -0.4 is 5.32 Å². The van der Waals surface area contributed by atoms with E-state index < -0.39 is 23.7 Å². The molecule has 1 aromatic rings. The number of methoxy groups -OCH3 is 1. The maximum atomic E-state index is 11.8. The van der Waals surface area contributed by atoms with Crippen LogP contribution in [-0.2, 0) is 23.8 Å².